The van der Waals surface area contributed by atoms with E-state index >= 15 is 0 Å². The molecule has 0 aromatic carbocycles. The molecule has 5 heteroatoms. The van der Waals surface area contributed by atoms with Gasteiger partial charge in [0, 0.05) is 58.9 Å². The van der Waals surface area contributed by atoms with E-state index in [1.807, 2.05) is 7.05 Å². The number of hydrogen-bond donors (Lipinski definition) is 1. The van der Waals surface area contributed by atoms with Crippen molar-refractivity contribution in [3.05, 3.63) is 0 Å². The van der Waals surface area contributed by atoms with Crippen molar-refractivity contribution in [1.82, 2.24) is 20.0 Å². The molecule has 1 aliphatic carbocycles. The lowest BCUT2D eigenvalue weighted by molar-refractivity contribution is 0.119. The number of likely N-dealkylation sites (tertiary alicyclic amines) is 1. The Bertz CT molecular complexity index is 421. The minimum absolute atomic E-state index is 0.571. The molecule has 24 heavy (non-hydrogen) atoms. The van der Waals surface area contributed by atoms with Gasteiger partial charge in [-0.2, -0.15) is 0 Å². The Hall–Kier alpha value is -0.810. The average Bonchev–Trinajstić information content (AvgIpc) is 3.00. The molecule has 3 aliphatic rings. The first-order valence-electron chi connectivity index (χ1n) is 10.0. The predicted molar refractivity (Wildman–Crippen MR) is 102 cm³/mol. The van der Waals surface area contributed by atoms with E-state index in [2.05, 4.69) is 39.0 Å². The van der Waals surface area contributed by atoms with Gasteiger partial charge in [-0.25, -0.2) is 0 Å². The van der Waals surface area contributed by atoms with Gasteiger partial charge in [-0.3, -0.25) is 9.89 Å². The van der Waals surface area contributed by atoms with Crippen molar-refractivity contribution >= 4 is 5.96 Å². The molecule has 0 aromatic heterocycles. The van der Waals surface area contributed by atoms with Crippen LogP contribution in [-0.4, -0.2) is 86.6 Å². The summed E-state index contributed by atoms with van der Waals surface area (Å²) in [6, 6.07) is 0.571. The number of nitrogens with zero attached hydrogens (tertiary/aromatic N) is 4. The van der Waals surface area contributed by atoms with E-state index in [9.17, 15) is 0 Å². The van der Waals surface area contributed by atoms with Gasteiger partial charge in [0.25, 0.3) is 0 Å². The Morgan fingerprint density at radius 2 is 1.75 bits per heavy atom. The van der Waals surface area contributed by atoms with Crippen molar-refractivity contribution < 1.29 is 0 Å². The van der Waals surface area contributed by atoms with Gasteiger partial charge in [-0.1, -0.05) is 19.3 Å². The highest BCUT2D eigenvalue weighted by Crippen LogP contribution is 2.43. The zero-order valence-corrected chi connectivity index (χ0v) is 16.1. The molecule has 1 spiro atoms. The maximum atomic E-state index is 4.58. The number of likely N-dealkylation sites (N-methyl/N-ethyl adjacent to an activating group) is 1. The topological polar surface area (TPSA) is 34.1 Å². The average molecular weight is 336 g/mol. The summed E-state index contributed by atoms with van der Waals surface area (Å²) in [6.07, 6.45) is 8.52. The minimum Gasteiger partial charge on any atom is -0.355 e. The normalized spacial score (nSPS) is 27.6. The molecule has 2 heterocycles. The van der Waals surface area contributed by atoms with E-state index in [1.165, 1.54) is 77.8 Å². The van der Waals surface area contributed by atoms with E-state index in [-0.39, 0.29) is 0 Å². The molecule has 138 valence electrons. The Kier molecular flexibility index (Phi) is 6.03. The molecule has 0 radical (unpaired) electrons. The van der Waals surface area contributed by atoms with Gasteiger partial charge in [0.2, 0.25) is 0 Å². The maximum Gasteiger partial charge on any atom is 0.193 e. The summed E-state index contributed by atoms with van der Waals surface area (Å²) in [4.78, 5) is 12.1. The van der Waals surface area contributed by atoms with Crippen LogP contribution in [0.5, 0.6) is 0 Å². The molecule has 1 atom stereocenters. The Morgan fingerprint density at radius 1 is 1.04 bits per heavy atom. The minimum atomic E-state index is 0.571. The molecule has 2 saturated heterocycles. The van der Waals surface area contributed by atoms with E-state index < -0.39 is 0 Å². The first-order valence-corrected chi connectivity index (χ1v) is 10.0. The van der Waals surface area contributed by atoms with Crippen molar-refractivity contribution in [2.45, 2.75) is 51.5 Å². The lowest BCUT2D eigenvalue weighted by Gasteiger charge is -2.37. The maximum absolute atomic E-state index is 4.58. The van der Waals surface area contributed by atoms with Crippen LogP contribution in [0.2, 0.25) is 0 Å². The third kappa shape index (κ3) is 4.23. The third-order valence-corrected chi connectivity index (χ3v) is 6.58. The van der Waals surface area contributed by atoms with Gasteiger partial charge in [0.15, 0.2) is 5.96 Å². The number of nitrogens with one attached hydrogen (secondary N) is 1. The van der Waals surface area contributed by atoms with Crippen LogP contribution in [0.25, 0.3) is 0 Å². The summed E-state index contributed by atoms with van der Waals surface area (Å²) in [5.41, 5.74) is 0.596. The zero-order valence-electron chi connectivity index (χ0n) is 16.1. The summed E-state index contributed by atoms with van der Waals surface area (Å²) >= 11 is 0. The van der Waals surface area contributed by atoms with E-state index in [0.717, 1.165) is 12.5 Å². The highest BCUT2D eigenvalue weighted by molar-refractivity contribution is 5.80. The first kappa shape index (κ1) is 18.0. The number of guanidine groups is 1. The van der Waals surface area contributed by atoms with Gasteiger partial charge in [-0.15, -0.1) is 0 Å². The van der Waals surface area contributed by atoms with Crippen LogP contribution < -0.4 is 5.32 Å². The summed E-state index contributed by atoms with van der Waals surface area (Å²) in [6.45, 7) is 10.5. The third-order valence-electron chi connectivity index (χ3n) is 6.58. The Balaban J connectivity index is 1.47. The van der Waals surface area contributed by atoms with Crippen molar-refractivity contribution in [2.24, 2.45) is 10.4 Å². The van der Waals surface area contributed by atoms with Gasteiger partial charge < -0.3 is 15.1 Å². The zero-order chi connectivity index (χ0) is 17.0. The quantitative estimate of drug-likeness (QED) is 0.630. The summed E-state index contributed by atoms with van der Waals surface area (Å²) in [5, 5.41) is 3.66. The molecular weight excluding hydrogens is 298 g/mol. The fourth-order valence-corrected chi connectivity index (χ4v) is 4.79. The molecule has 1 saturated carbocycles. The van der Waals surface area contributed by atoms with Crippen molar-refractivity contribution in [2.75, 3.05) is 59.9 Å². The van der Waals surface area contributed by atoms with Gasteiger partial charge >= 0.3 is 0 Å². The molecule has 0 aromatic rings. The summed E-state index contributed by atoms with van der Waals surface area (Å²) in [5.74, 6) is 1.12. The monoisotopic (exact) mass is 335 g/mol. The molecule has 3 rings (SSSR count). The molecule has 1 unspecified atom stereocenters. The smallest absolute Gasteiger partial charge is 0.193 e. The number of aliphatic imine (C=N–C) groups is 1. The van der Waals surface area contributed by atoms with Crippen LogP contribution in [-0.2, 0) is 0 Å². The second-order valence-electron chi connectivity index (χ2n) is 8.35. The second-order valence-corrected chi connectivity index (χ2v) is 8.35. The molecule has 1 N–H and O–H groups in total. The van der Waals surface area contributed by atoms with Crippen molar-refractivity contribution in [1.29, 1.82) is 0 Å². The lowest BCUT2D eigenvalue weighted by atomic mass is 9.73. The molecule has 5 nitrogen and oxygen atoms in total. The van der Waals surface area contributed by atoms with Crippen molar-refractivity contribution in [3.63, 3.8) is 0 Å². The van der Waals surface area contributed by atoms with Crippen LogP contribution in [0.4, 0.5) is 0 Å². The van der Waals surface area contributed by atoms with Crippen LogP contribution in [0.15, 0.2) is 4.99 Å². The van der Waals surface area contributed by atoms with Gasteiger partial charge in [0.05, 0.1) is 0 Å². The van der Waals surface area contributed by atoms with Crippen LogP contribution >= 0.6 is 0 Å². The summed E-state index contributed by atoms with van der Waals surface area (Å²) < 4.78 is 0. The molecule has 3 fully saturated rings. The standard InChI is InChI=1S/C19H37N5/c1-17(23-13-11-22(3)12-14-23)15-21-18(20-2)24-10-9-19(16-24)7-5-4-6-8-19/h17H,4-16H2,1-3H3,(H,20,21). The largest absolute Gasteiger partial charge is 0.355 e. The van der Waals surface area contributed by atoms with Crippen LogP contribution in [0.3, 0.4) is 0 Å². The predicted octanol–water partition coefficient (Wildman–Crippen LogP) is 1.85. The van der Waals surface area contributed by atoms with E-state index in [1.54, 1.807) is 0 Å². The van der Waals surface area contributed by atoms with Crippen LogP contribution in [0.1, 0.15) is 45.4 Å². The van der Waals surface area contributed by atoms with Crippen molar-refractivity contribution in [3.8, 4) is 0 Å². The highest BCUT2D eigenvalue weighted by atomic mass is 15.3. The molecule has 0 amide bonds. The summed E-state index contributed by atoms with van der Waals surface area (Å²) in [7, 11) is 4.16. The fraction of sp³-hybridized carbons (Fsp3) is 0.947. The van der Waals surface area contributed by atoms with E-state index in [0.29, 0.717) is 11.5 Å². The highest BCUT2D eigenvalue weighted by Gasteiger charge is 2.39. The van der Waals surface area contributed by atoms with Gasteiger partial charge in [-0.05, 0) is 38.6 Å². The number of piperazine rings is 1. The second kappa shape index (κ2) is 8.05. The van der Waals surface area contributed by atoms with E-state index in [4.69, 9.17) is 0 Å². The van der Waals surface area contributed by atoms with Crippen LogP contribution in [0, 0.1) is 5.41 Å². The lowest BCUT2D eigenvalue weighted by Crippen LogP contribution is -2.52. The molecule has 2 aliphatic heterocycles. The molecule has 0 bridgehead atoms. The number of hydrogen-bond acceptors (Lipinski definition) is 3. The first-order chi connectivity index (χ1) is 11.6. The Morgan fingerprint density at radius 3 is 2.42 bits per heavy atom. The fourth-order valence-electron chi connectivity index (χ4n) is 4.79. The SMILES string of the molecule is CN=C(NCC(C)N1CCN(C)CC1)N1CCC2(CCCCC2)C1. The van der Waals surface area contributed by atoms with Gasteiger partial charge in [0.1, 0.15) is 0 Å². The Labute approximate surface area is 148 Å². The molecular formula is C19H37N5. The number of rotatable bonds is 3.